The molecule has 0 spiro atoms. The van der Waals surface area contributed by atoms with Crippen molar-refractivity contribution >= 4 is 11.9 Å². The maximum absolute atomic E-state index is 12.5. The Morgan fingerprint density at radius 3 is 2.83 bits per heavy atom. The summed E-state index contributed by atoms with van der Waals surface area (Å²) in [4.78, 5) is 26.8. The van der Waals surface area contributed by atoms with Gasteiger partial charge in [-0.1, -0.05) is 18.9 Å². The van der Waals surface area contributed by atoms with Crippen LogP contribution in [0.1, 0.15) is 57.1 Å². The molecule has 1 saturated carbocycles. The van der Waals surface area contributed by atoms with Gasteiger partial charge in [0.25, 0.3) is 0 Å². The number of carbonyl (C=O) groups excluding carboxylic acids is 2. The number of nitrogens with zero attached hydrogens (tertiary/aromatic N) is 1. The third-order valence-electron chi connectivity index (χ3n) is 7.43. The second kappa shape index (κ2) is 7.73. The van der Waals surface area contributed by atoms with Crippen molar-refractivity contribution < 1.29 is 14.3 Å². The fourth-order valence-corrected chi connectivity index (χ4v) is 5.85. The lowest BCUT2D eigenvalue weighted by Crippen LogP contribution is -2.59. The van der Waals surface area contributed by atoms with Gasteiger partial charge in [0, 0.05) is 11.5 Å². The van der Waals surface area contributed by atoms with Crippen molar-refractivity contribution in [2.75, 3.05) is 13.6 Å². The minimum absolute atomic E-state index is 0.222. The fraction of sp³-hybridized carbons (Fsp3) is 0.652. The molecule has 4 rings (SSSR count). The van der Waals surface area contributed by atoms with Gasteiger partial charge in [0.1, 0.15) is 11.8 Å². The van der Waals surface area contributed by atoms with E-state index < -0.39 is 18.1 Å². The lowest BCUT2D eigenvalue weighted by molar-refractivity contribution is -0.139. The molecule has 6 nitrogen and oxygen atoms in total. The van der Waals surface area contributed by atoms with Crippen LogP contribution in [-0.2, 0) is 21.4 Å². The molecule has 29 heavy (non-hydrogen) atoms. The monoisotopic (exact) mass is 399 g/mol. The Labute approximate surface area is 173 Å². The topological polar surface area (TPSA) is 84.7 Å². The summed E-state index contributed by atoms with van der Waals surface area (Å²) in [6.07, 6.45) is 7.36. The Balaban J connectivity index is 1.57. The van der Waals surface area contributed by atoms with Gasteiger partial charge < -0.3 is 20.7 Å². The zero-order valence-corrected chi connectivity index (χ0v) is 17.7. The fourth-order valence-electron chi connectivity index (χ4n) is 5.85. The minimum Gasteiger partial charge on any atom is -0.425 e. The Hall–Kier alpha value is -1.92. The van der Waals surface area contributed by atoms with Gasteiger partial charge in [0.15, 0.2) is 0 Å². The molecule has 2 fully saturated rings. The molecule has 2 bridgehead atoms. The summed E-state index contributed by atoms with van der Waals surface area (Å²) < 4.78 is 5.65. The maximum atomic E-state index is 12.5. The van der Waals surface area contributed by atoms with E-state index >= 15 is 0 Å². The van der Waals surface area contributed by atoms with Crippen LogP contribution in [0.2, 0.25) is 0 Å². The smallest absolute Gasteiger partial charge is 0.333 e. The molecule has 1 aromatic rings. The quantitative estimate of drug-likeness (QED) is 0.599. The van der Waals surface area contributed by atoms with E-state index in [4.69, 9.17) is 10.5 Å². The highest BCUT2D eigenvalue weighted by atomic mass is 16.5. The van der Waals surface area contributed by atoms with Crippen LogP contribution >= 0.6 is 0 Å². The minimum atomic E-state index is -0.738. The summed E-state index contributed by atoms with van der Waals surface area (Å²) in [6.45, 7) is 4.34. The summed E-state index contributed by atoms with van der Waals surface area (Å²) in [5, 5.41) is 2.60. The highest BCUT2D eigenvalue weighted by Crippen LogP contribution is 2.55. The van der Waals surface area contributed by atoms with Crippen LogP contribution in [-0.4, -0.2) is 48.5 Å². The number of hydrogen-bond donors (Lipinski definition) is 2. The van der Waals surface area contributed by atoms with Crippen molar-refractivity contribution in [2.45, 2.75) is 75.9 Å². The average molecular weight is 400 g/mol. The molecule has 5 atom stereocenters. The molecular formula is C23H33N3O3. The zero-order chi connectivity index (χ0) is 20.8. The summed E-state index contributed by atoms with van der Waals surface area (Å²) in [5.74, 6) is 0.444. The van der Waals surface area contributed by atoms with Gasteiger partial charge in [-0.15, -0.1) is 0 Å². The number of carbonyl (C=O) groups is 2. The Kier molecular flexibility index (Phi) is 5.42. The highest BCUT2D eigenvalue weighted by Gasteiger charge is 2.53. The van der Waals surface area contributed by atoms with Crippen LogP contribution in [0, 0.1) is 5.92 Å². The molecule has 1 aromatic carbocycles. The van der Waals surface area contributed by atoms with Crippen LogP contribution in [0.25, 0.3) is 0 Å². The number of esters is 1. The first-order valence-electron chi connectivity index (χ1n) is 10.9. The number of piperidine rings is 1. The number of likely N-dealkylation sites (N-methyl/N-ethyl adjacent to an activating group) is 1. The van der Waals surface area contributed by atoms with Crippen LogP contribution in [0.4, 0.5) is 0 Å². The Bertz CT molecular complexity index is 809. The number of ether oxygens (including phenoxy) is 1. The van der Waals surface area contributed by atoms with Crippen molar-refractivity contribution in [3.63, 3.8) is 0 Å². The second-order valence-electron chi connectivity index (χ2n) is 9.27. The molecule has 2 aliphatic carbocycles. The summed E-state index contributed by atoms with van der Waals surface area (Å²) in [7, 11) is 2.27. The molecule has 3 N–H and O–H groups in total. The van der Waals surface area contributed by atoms with E-state index in [9.17, 15) is 9.59 Å². The van der Waals surface area contributed by atoms with E-state index in [1.165, 1.54) is 43.2 Å². The normalized spacial score (nSPS) is 30.5. The number of fused-ring (bicyclic) bond motifs is 1. The Morgan fingerprint density at radius 1 is 1.28 bits per heavy atom. The van der Waals surface area contributed by atoms with E-state index in [1.54, 1.807) is 13.8 Å². The molecule has 1 amide bonds. The highest BCUT2D eigenvalue weighted by molar-refractivity contribution is 5.87. The van der Waals surface area contributed by atoms with Gasteiger partial charge in [-0.25, -0.2) is 4.79 Å². The van der Waals surface area contributed by atoms with E-state index in [2.05, 4.69) is 29.4 Å². The van der Waals surface area contributed by atoms with Gasteiger partial charge in [-0.3, -0.25) is 4.79 Å². The molecule has 0 unspecified atom stereocenters. The molecule has 1 saturated heterocycles. The van der Waals surface area contributed by atoms with E-state index in [0.29, 0.717) is 17.7 Å². The van der Waals surface area contributed by atoms with Gasteiger partial charge in [0.05, 0.1) is 6.04 Å². The number of nitrogens with one attached hydrogen (secondary N) is 1. The van der Waals surface area contributed by atoms with Crippen LogP contribution in [0.15, 0.2) is 18.2 Å². The standard InChI is InChI=1S/C23H33N3O3/c1-14(24)21(27)25-15(2)22(28)29-17-8-7-16-12-20-18-6-4-5-9-23(18,19(16)13-17)10-11-26(20)3/h7-8,13-15,18,20H,4-6,9-12,24H2,1-3H3,(H,25,27)/t14-,15-,18+,20-,23-/m0/s1. The van der Waals surface area contributed by atoms with Gasteiger partial charge in [-0.05, 0) is 82.3 Å². The first-order chi connectivity index (χ1) is 13.8. The van der Waals surface area contributed by atoms with Crippen LogP contribution in [0.3, 0.4) is 0 Å². The maximum Gasteiger partial charge on any atom is 0.333 e. The summed E-state index contributed by atoms with van der Waals surface area (Å²) in [6, 6.07) is 5.37. The SMILES string of the molecule is C[C@H](N)C(=O)N[C@@H](C)C(=O)Oc1ccc2c(c1)[C@]13CCCC[C@@H]1[C@H](C2)N(C)CC3. The first-order valence-corrected chi connectivity index (χ1v) is 10.9. The van der Waals surface area contributed by atoms with E-state index in [0.717, 1.165) is 13.0 Å². The number of nitrogens with two attached hydrogens (primary N) is 1. The van der Waals surface area contributed by atoms with Gasteiger partial charge in [0.2, 0.25) is 5.91 Å². The number of rotatable bonds is 4. The largest absolute Gasteiger partial charge is 0.425 e. The average Bonchev–Trinajstić information content (AvgIpc) is 2.70. The van der Waals surface area contributed by atoms with Crippen molar-refractivity contribution in [3.8, 4) is 5.75 Å². The molecule has 1 aliphatic heterocycles. The zero-order valence-electron chi connectivity index (χ0n) is 17.7. The first kappa shape index (κ1) is 20.4. The lowest BCUT2D eigenvalue weighted by atomic mass is 9.52. The predicted molar refractivity (Wildman–Crippen MR) is 112 cm³/mol. The van der Waals surface area contributed by atoms with E-state index in [-0.39, 0.29) is 11.3 Å². The van der Waals surface area contributed by atoms with Gasteiger partial charge in [-0.2, -0.15) is 0 Å². The number of hydrogen-bond acceptors (Lipinski definition) is 5. The third-order valence-corrected chi connectivity index (χ3v) is 7.43. The second-order valence-corrected chi connectivity index (χ2v) is 9.27. The molecule has 3 aliphatic rings. The molecular weight excluding hydrogens is 366 g/mol. The van der Waals surface area contributed by atoms with Crippen molar-refractivity contribution in [1.29, 1.82) is 0 Å². The van der Waals surface area contributed by atoms with Crippen molar-refractivity contribution in [1.82, 2.24) is 10.2 Å². The number of likely N-dealkylation sites (tertiary alicyclic amines) is 1. The lowest BCUT2D eigenvalue weighted by Gasteiger charge is -2.58. The molecule has 0 aromatic heterocycles. The summed E-state index contributed by atoms with van der Waals surface area (Å²) >= 11 is 0. The molecule has 158 valence electrons. The van der Waals surface area contributed by atoms with Crippen LogP contribution in [0.5, 0.6) is 5.75 Å². The number of amides is 1. The summed E-state index contributed by atoms with van der Waals surface area (Å²) in [5.41, 5.74) is 8.58. The van der Waals surface area contributed by atoms with Crippen LogP contribution < -0.4 is 15.8 Å². The predicted octanol–water partition coefficient (Wildman–Crippen LogP) is 2.13. The number of benzene rings is 1. The van der Waals surface area contributed by atoms with Gasteiger partial charge >= 0.3 is 5.97 Å². The van der Waals surface area contributed by atoms with E-state index in [1.807, 2.05) is 6.07 Å². The molecule has 6 heteroatoms. The Morgan fingerprint density at radius 2 is 2.07 bits per heavy atom. The molecule has 1 heterocycles. The molecule has 0 radical (unpaired) electrons. The third kappa shape index (κ3) is 3.57. The van der Waals surface area contributed by atoms with Crippen molar-refractivity contribution in [3.05, 3.63) is 29.3 Å². The van der Waals surface area contributed by atoms with Crippen molar-refractivity contribution in [2.24, 2.45) is 11.7 Å².